The number of hydrogen-bond acceptors (Lipinski definition) is 3. The number of nitrogens with zero attached hydrogens (tertiary/aromatic N) is 2. The second-order valence-electron chi connectivity index (χ2n) is 5.77. The van der Waals surface area contributed by atoms with Crippen LogP contribution in [0, 0.1) is 13.8 Å². The molecule has 3 rings (SSSR count). The molecule has 0 aliphatic carbocycles. The summed E-state index contributed by atoms with van der Waals surface area (Å²) < 4.78 is 5.35. The van der Waals surface area contributed by atoms with Crippen molar-refractivity contribution >= 4 is 5.91 Å². The van der Waals surface area contributed by atoms with Crippen molar-refractivity contribution in [1.82, 2.24) is 9.80 Å². The van der Waals surface area contributed by atoms with E-state index in [0.29, 0.717) is 0 Å². The van der Waals surface area contributed by atoms with E-state index in [1.54, 1.807) is 0 Å². The van der Waals surface area contributed by atoms with Gasteiger partial charge in [0.2, 0.25) is 0 Å². The first-order valence-electron chi connectivity index (χ1n) is 9.34. The molecule has 0 bridgehead atoms. The third-order valence-electron chi connectivity index (χ3n) is 4.39. The summed E-state index contributed by atoms with van der Waals surface area (Å²) in [7, 11) is 0. The molecule has 0 aromatic heterocycles. The first-order valence-corrected chi connectivity index (χ1v) is 9.34. The molecular formula is C20H34N2O2. The Labute approximate surface area is 147 Å². The molecule has 0 radical (unpaired) electrons. The number of hydrogen-bond donors (Lipinski definition) is 0. The van der Waals surface area contributed by atoms with Gasteiger partial charge in [-0.15, -0.1) is 0 Å². The molecule has 2 aliphatic heterocycles. The highest BCUT2D eigenvalue weighted by Gasteiger charge is 2.28. The Morgan fingerprint density at radius 2 is 1.54 bits per heavy atom. The smallest absolute Gasteiger partial charge is 0.254 e. The van der Waals surface area contributed by atoms with Gasteiger partial charge in [-0.2, -0.15) is 0 Å². The lowest BCUT2D eigenvalue weighted by atomic mass is 10.0. The van der Waals surface area contributed by atoms with E-state index in [1.165, 1.54) is 16.7 Å². The van der Waals surface area contributed by atoms with Crippen molar-refractivity contribution in [2.75, 3.05) is 39.4 Å². The molecule has 0 unspecified atom stereocenters. The molecule has 4 nitrogen and oxygen atoms in total. The van der Waals surface area contributed by atoms with Crippen LogP contribution in [-0.2, 0) is 11.3 Å². The molecule has 0 saturated carbocycles. The van der Waals surface area contributed by atoms with E-state index in [9.17, 15) is 4.79 Å². The van der Waals surface area contributed by atoms with Gasteiger partial charge >= 0.3 is 0 Å². The molecule has 0 atom stereocenters. The number of morpholine rings is 1. The Bertz CT molecular complexity index is 523. The standard InChI is InChI=1S/C16H22N2O2.2C2H6/c1-12-9-14-11-18(16(19)15(14)10-13(12)2)4-3-17-5-7-20-8-6-17;2*1-2/h9-10H,3-8,11H2,1-2H3;2*1-2H3. The van der Waals surface area contributed by atoms with E-state index in [1.807, 2.05) is 38.7 Å². The van der Waals surface area contributed by atoms with E-state index in [-0.39, 0.29) is 5.91 Å². The van der Waals surface area contributed by atoms with Gasteiger partial charge in [-0.3, -0.25) is 9.69 Å². The first kappa shape index (κ1) is 20.7. The molecular weight excluding hydrogens is 300 g/mol. The van der Waals surface area contributed by atoms with Crippen molar-refractivity contribution in [1.29, 1.82) is 0 Å². The molecule has 0 N–H and O–H groups in total. The summed E-state index contributed by atoms with van der Waals surface area (Å²) in [6.07, 6.45) is 0. The van der Waals surface area contributed by atoms with Gasteiger partial charge in [0, 0.05) is 38.3 Å². The minimum absolute atomic E-state index is 0.191. The van der Waals surface area contributed by atoms with E-state index >= 15 is 0 Å². The van der Waals surface area contributed by atoms with Crippen LogP contribution in [0.25, 0.3) is 0 Å². The van der Waals surface area contributed by atoms with Crippen molar-refractivity contribution in [2.24, 2.45) is 0 Å². The normalized spacial score (nSPS) is 16.8. The fraction of sp³-hybridized carbons (Fsp3) is 0.650. The maximum absolute atomic E-state index is 12.4. The van der Waals surface area contributed by atoms with Gasteiger partial charge in [-0.05, 0) is 36.6 Å². The number of carbonyl (C=O) groups is 1. The SMILES string of the molecule is CC.CC.Cc1cc2c(cc1C)C(=O)N(CCN1CCOCC1)C2. The minimum atomic E-state index is 0.191. The van der Waals surface area contributed by atoms with Gasteiger partial charge in [0.05, 0.1) is 13.2 Å². The molecule has 1 amide bonds. The Kier molecular flexibility index (Phi) is 9.01. The summed E-state index contributed by atoms with van der Waals surface area (Å²) in [6.45, 7) is 18.3. The van der Waals surface area contributed by atoms with Crippen LogP contribution in [0.15, 0.2) is 12.1 Å². The van der Waals surface area contributed by atoms with Gasteiger partial charge in [0.15, 0.2) is 0 Å². The average Bonchev–Trinajstić information content (AvgIpc) is 2.93. The Morgan fingerprint density at radius 3 is 2.17 bits per heavy atom. The van der Waals surface area contributed by atoms with Crippen molar-refractivity contribution in [3.05, 3.63) is 34.4 Å². The van der Waals surface area contributed by atoms with E-state index in [2.05, 4.69) is 24.8 Å². The highest BCUT2D eigenvalue weighted by molar-refractivity contribution is 5.98. The maximum Gasteiger partial charge on any atom is 0.254 e. The van der Waals surface area contributed by atoms with Crippen LogP contribution in [0.1, 0.15) is 54.7 Å². The van der Waals surface area contributed by atoms with Crippen molar-refractivity contribution < 1.29 is 9.53 Å². The van der Waals surface area contributed by atoms with Crippen LogP contribution >= 0.6 is 0 Å². The van der Waals surface area contributed by atoms with Crippen LogP contribution < -0.4 is 0 Å². The zero-order chi connectivity index (χ0) is 18.1. The zero-order valence-corrected chi connectivity index (χ0v) is 16.3. The lowest BCUT2D eigenvalue weighted by Gasteiger charge is -2.28. The summed E-state index contributed by atoms with van der Waals surface area (Å²) >= 11 is 0. The lowest BCUT2D eigenvalue weighted by molar-refractivity contribution is 0.0327. The van der Waals surface area contributed by atoms with E-state index in [4.69, 9.17) is 4.74 Å². The first-order chi connectivity index (χ1) is 11.6. The Hall–Kier alpha value is -1.39. The molecule has 1 aromatic rings. The summed E-state index contributed by atoms with van der Waals surface area (Å²) in [6, 6.07) is 4.21. The predicted octanol–water partition coefficient (Wildman–Crippen LogP) is 3.64. The molecule has 2 aliphatic rings. The molecule has 24 heavy (non-hydrogen) atoms. The quantitative estimate of drug-likeness (QED) is 0.846. The van der Waals surface area contributed by atoms with Crippen LogP contribution in [0.3, 0.4) is 0 Å². The zero-order valence-electron chi connectivity index (χ0n) is 16.3. The average molecular weight is 335 g/mol. The second kappa shape index (κ2) is 10.5. The maximum atomic E-state index is 12.4. The molecule has 136 valence electrons. The van der Waals surface area contributed by atoms with Crippen molar-refractivity contribution in [2.45, 2.75) is 48.1 Å². The van der Waals surface area contributed by atoms with E-state index in [0.717, 1.165) is 51.5 Å². The number of rotatable bonds is 3. The van der Waals surface area contributed by atoms with Gasteiger partial charge in [-0.25, -0.2) is 0 Å². The van der Waals surface area contributed by atoms with Crippen molar-refractivity contribution in [3.63, 3.8) is 0 Å². The fourth-order valence-electron chi connectivity index (χ4n) is 2.92. The molecule has 1 fully saturated rings. The number of amides is 1. The fourth-order valence-corrected chi connectivity index (χ4v) is 2.92. The summed E-state index contributed by atoms with van der Waals surface area (Å²) in [5.74, 6) is 0.191. The van der Waals surface area contributed by atoms with Gasteiger partial charge in [0.25, 0.3) is 5.91 Å². The second-order valence-corrected chi connectivity index (χ2v) is 5.77. The topological polar surface area (TPSA) is 32.8 Å². The summed E-state index contributed by atoms with van der Waals surface area (Å²) in [5, 5.41) is 0. The molecule has 4 heteroatoms. The Morgan fingerprint density at radius 1 is 0.958 bits per heavy atom. The highest BCUT2D eigenvalue weighted by Crippen LogP contribution is 2.25. The predicted molar refractivity (Wildman–Crippen MR) is 101 cm³/mol. The summed E-state index contributed by atoms with van der Waals surface area (Å²) in [5.41, 5.74) is 4.55. The van der Waals surface area contributed by atoms with Gasteiger partial charge in [-0.1, -0.05) is 33.8 Å². The van der Waals surface area contributed by atoms with Gasteiger partial charge < -0.3 is 9.64 Å². The Balaban J connectivity index is 0.000000671. The largest absolute Gasteiger partial charge is 0.379 e. The van der Waals surface area contributed by atoms with Gasteiger partial charge in [0.1, 0.15) is 0 Å². The molecule has 2 heterocycles. The third-order valence-corrected chi connectivity index (χ3v) is 4.39. The minimum Gasteiger partial charge on any atom is -0.379 e. The number of benzene rings is 1. The number of aryl methyl sites for hydroxylation is 2. The van der Waals surface area contributed by atoms with Crippen LogP contribution in [0.2, 0.25) is 0 Å². The number of ether oxygens (including phenoxy) is 1. The van der Waals surface area contributed by atoms with E-state index < -0.39 is 0 Å². The van der Waals surface area contributed by atoms with Crippen LogP contribution in [-0.4, -0.2) is 55.1 Å². The van der Waals surface area contributed by atoms with Crippen molar-refractivity contribution in [3.8, 4) is 0 Å². The molecule has 0 spiro atoms. The highest BCUT2D eigenvalue weighted by atomic mass is 16.5. The monoisotopic (exact) mass is 334 g/mol. The third kappa shape index (κ3) is 5.05. The summed E-state index contributed by atoms with van der Waals surface area (Å²) in [4.78, 5) is 16.8. The molecule has 1 aromatic carbocycles. The lowest BCUT2D eigenvalue weighted by Crippen LogP contribution is -2.41. The van der Waals surface area contributed by atoms with Crippen LogP contribution in [0.4, 0.5) is 0 Å². The number of carbonyl (C=O) groups excluding carboxylic acids is 1. The number of fused-ring (bicyclic) bond motifs is 1. The molecule has 1 saturated heterocycles. The van der Waals surface area contributed by atoms with Crippen LogP contribution in [0.5, 0.6) is 0 Å².